The summed E-state index contributed by atoms with van der Waals surface area (Å²) in [7, 11) is 0. The molecule has 88 valence electrons. The smallest absolute Gasteiger partial charge is 0.416 e. The van der Waals surface area contributed by atoms with Gasteiger partial charge in [-0.25, -0.2) is 0 Å². The van der Waals surface area contributed by atoms with E-state index in [-0.39, 0.29) is 12.5 Å². The van der Waals surface area contributed by atoms with Crippen molar-refractivity contribution in [2.45, 2.75) is 19.0 Å². The van der Waals surface area contributed by atoms with E-state index in [2.05, 4.69) is 4.74 Å². The minimum absolute atomic E-state index is 0.118. The van der Waals surface area contributed by atoms with Crippen LogP contribution in [0, 0.1) is 0 Å². The lowest BCUT2D eigenvalue weighted by molar-refractivity contribution is -0.137. The van der Waals surface area contributed by atoms with Gasteiger partial charge in [-0.3, -0.25) is 4.79 Å². The lowest BCUT2D eigenvalue weighted by Crippen LogP contribution is -2.07. The Kier molecular flexibility index (Phi) is 3.93. The molecule has 0 N–H and O–H groups in total. The van der Waals surface area contributed by atoms with Crippen molar-refractivity contribution in [3.8, 4) is 0 Å². The van der Waals surface area contributed by atoms with E-state index in [1.807, 2.05) is 0 Å². The molecule has 16 heavy (non-hydrogen) atoms. The molecule has 1 aromatic carbocycles. The van der Waals surface area contributed by atoms with Crippen LogP contribution >= 0.6 is 0 Å². The third-order valence-corrected chi connectivity index (χ3v) is 2.22. The Morgan fingerprint density at radius 2 is 1.88 bits per heavy atom. The number of hydrogen-bond acceptors (Lipinski definition) is 2. The fourth-order valence-corrected chi connectivity index (χ4v) is 1.28. The monoisotopic (exact) mass is 232 g/mol. The molecule has 0 bridgehead atoms. The summed E-state index contributed by atoms with van der Waals surface area (Å²) in [6.07, 6.45) is -4.32. The van der Waals surface area contributed by atoms with E-state index in [1.165, 1.54) is 12.1 Å². The molecule has 1 rings (SSSR count). The summed E-state index contributed by atoms with van der Waals surface area (Å²) >= 11 is 0. The van der Waals surface area contributed by atoms with E-state index >= 15 is 0 Å². The number of halogens is 3. The van der Waals surface area contributed by atoms with Gasteiger partial charge < -0.3 is 4.74 Å². The lowest BCUT2D eigenvalue weighted by Gasteiger charge is -2.12. The molecule has 2 nitrogen and oxygen atoms in total. The van der Waals surface area contributed by atoms with Gasteiger partial charge in [0, 0.05) is 5.92 Å². The lowest BCUT2D eigenvalue weighted by atomic mass is 10.0. The summed E-state index contributed by atoms with van der Waals surface area (Å²) in [5.74, 6) is -0.118. The third kappa shape index (κ3) is 3.25. The second kappa shape index (κ2) is 5.01. The Bertz CT molecular complexity index is 343. The molecular weight excluding hydrogens is 221 g/mol. The normalized spacial score (nSPS) is 13.2. The number of benzene rings is 1. The fourth-order valence-electron chi connectivity index (χ4n) is 1.28. The standard InChI is InChI=1S/C11H11F3O2/c1-8(6-16-7-15)9-2-4-10(5-3-9)11(12,13)14/h2-5,7-8H,6H2,1H3/t8-/m1/s1. The topological polar surface area (TPSA) is 26.3 Å². The molecule has 0 aromatic heterocycles. The molecule has 0 heterocycles. The molecule has 0 aliphatic carbocycles. The third-order valence-electron chi connectivity index (χ3n) is 2.22. The van der Waals surface area contributed by atoms with Crippen LogP contribution < -0.4 is 0 Å². The Labute approximate surface area is 91.0 Å². The zero-order valence-electron chi connectivity index (χ0n) is 8.62. The van der Waals surface area contributed by atoms with Crippen LogP contribution in [-0.2, 0) is 15.7 Å². The summed E-state index contributed by atoms with van der Waals surface area (Å²) in [5, 5.41) is 0. The quantitative estimate of drug-likeness (QED) is 0.746. The molecule has 0 amide bonds. The number of carbonyl (C=O) groups is 1. The van der Waals surface area contributed by atoms with Crippen LogP contribution in [0.4, 0.5) is 13.2 Å². The maximum Gasteiger partial charge on any atom is 0.416 e. The summed E-state index contributed by atoms with van der Waals surface area (Å²) in [6, 6.07) is 4.82. The van der Waals surface area contributed by atoms with Gasteiger partial charge in [-0.05, 0) is 17.7 Å². The molecule has 1 atom stereocenters. The molecule has 0 saturated heterocycles. The van der Waals surface area contributed by atoms with Crippen LogP contribution in [0.2, 0.25) is 0 Å². The highest BCUT2D eigenvalue weighted by Gasteiger charge is 2.30. The molecule has 5 heteroatoms. The van der Waals surface area contributed by atoms with Gasteiger partial charge in [-0.1, -0.05) is 19.1 Å². The van der Waals surface area contributed by atoms with Crippen LogP contribution in [0.25, 0.3) is 0 Å². The first-order valence-electron chi connectivity index (χ1n) is 4.67. The average molecular weight is 232 g/mol. The summed E-state index contributed by atoms with van der Waals surface area (Å²) in [6.45, 7) is 2.25. The first-order chi connectivity index (χ1) is 7.45. The summed E-state index contributed by atoms with van der Waals surface area (Å²) in [5.41, 5.74) is 0.0228. The van der Waals surface area contributed by atoms with Crippen LogP contribution in [0.3, 0.4) is 0 Å². The van der Waals surface area contributed by atoms with Gasteiger partial charge in [-0.2, -0.15) is 13.2 Å². The van der Waals surface area contributed by atoms with Crippen molar-refractivity contribution in [3.63, 3.8) is 0 Å². The molecule has 0 aliphatic heterocycles. The van der Waals surface area contributed by atoms with E-state index in [0.29, 0.717) is 12.0 Å². The van der Waals surface area contributed by atoms with Crippen molar-refractivity contribution in [1.29, 1.82) is 0 Å². The molecular formula is C11H11F3O2. The molecule has 0 aliphatic rings. The van der Waals surface area contributed by atoms with Crippen molar-refractivity contribution in [3.05, 3.63) is 35.4 Å². The van der Waals surface area contributed by atoms with E-state index in [0.717, 1.165) is 12.1 Å². The minimum Gasteiger partial charge on any atom is -0.467 e. The number of carbonyl (C=O) groups excluding carboxylic acids is 1. The Morgan fingerprint density at radius 3 is 2.31 bits per heavy atom. The van der Waals surface area contributed by atoms with E-state index in [1.54, 1.807) is 6.92 Å². The number of alkyl halides is 3. The molecule has 0 saturated carbocycles. The molecule has 0 fully saturated rings. The SMILES string of the molecule is C[C@H](COC=O)c1ccc(C(F)(F)F)cc1. The van der Waals surface area contributed by atoms with Gasteiger partial charge >= 0.3 is 6.18 Å². The Hall–Kier alpha value is -1.52. The maximum absolute atomic E-state index is 12.3. The predicted octanol–water partition coefficient (Wildman–Crippen LogP) is 2.98. The van der Waals surface area contributed by atoms with E-state index in [4.69, 9.17) is 0 Å². The first-order valence-corrected chi connectivity index (χ1v) is 4.67. The van der Waals surface area contributed by atoms with Crippen LogP contribution in [0.5, 0.6) is 0 Å². The van der Waals surface area contributed by atoms with Gasteiger partial charge in [0.25, 0.3) is 6.47 Å². The number of hydrogen-bond donors (Lipinski definition) is 0. The molecule has 0 radical (unpaired) electrons. The summed E-state index contributed by atoms with van der Waals surface area (Å²) < 4.78 is 41.3. The van der Waals surface area contributed by atoms with Gasteiger partial charge in [-0.15, -0.1) is 0 Å². The predicted molar refractivity (Wildman–Crippen MR) is 51.9 cm³/mol. The van der Waals surface area contributed by atoms with Gasteiger partial charge in [0.15, 0.2) is 0 Å². The van der Waals surface area contributed by atoms with Crippen LogP contribution in [0.1, 0.15) is 24.0 Å². The molecule has 1 aromatic rings. The second-order valence-electron chi connectivity index (χ2n) is 3.45. The Morgan fingerprint density at radius 1 is 1.31 bits per heavy atom. The first kappa shape index (κ1) is 12.5. The minimum atomic E-state index is -4.32. The highest BCUT2D eigenvalue weighted by Crippen LogP contribution is 2.30. The van der Waals surface area contributed by atoms with Gasteiger partial charge in [0.2, 0.25) is 0 Å². The summed E-state index contributed by atoms with van der Waals surface area (Å²) in [4.78, 5) is 9.96. The van der Waals surface area contributed by atoms with Crippen LogP contribution in [-0.4, -0.2) is 13.1 Å². The average Bonchev–Trinajstić information content (AvgIpc) is 2.25. The molecule has 0 unspecified atom stereocenters. The van der Waals surface area contributed by atoms with Crippen molar-refractivity contribution in [1.82, 2.24) is 0 Å². The van der Waals surface area contributed by atoms with Gasteiger partial charge in [0.05, 0.1) is 12.2 Å². The van der Waals surface area contributed by atoms with Crippen molar-refractivity contribution in [2.75, 3.05) is 6.61 Å². The Balaban J connectivity index is 2.74. The zero-order valence-corrected chi connectivity index (χ0v) is 8.62. The maximum atomic E-state index is 12.3. The van der Waals surface area contributed by atoms with E-state index < -0.39 is 11.7 Å². The largest absolute Gasteiger partial charge is 0.467 e. The van der Waals surface area contributed by atoms with E-state index in [9.17, 15) is 18.0 Å². The van der Waals surface area contributed by atoms with Crippen LogP contribution in [0.15, 0.2) is 24.3 Å². The highest BCUT2D eigenvalue weighted by atomic mass is 19.4. The highest BCUT2D eigenvalue weighted by molar-refractivity contribution is 5.37. The van der Waals surface area contributed by atoms with Crippen molar-refractivity contribution in [2.24, 2.45) is 0 Å². The number of rotatable bonds is 4. The fraction of sp³-hybridized carbons (Fsp3) is 0.364. The second-order valence-corrected chi connectivity index (χ2v) is 3.45. The van der Waals surface area contributed by atoms with Gasteiger partial charge in [0.1, 0.15) is 0 Å². The molecule has 0 spiro atoms. The van der Waals surface area contributed by atoms with Crippen molar-refractivity contribution < 1.29 is 22.7 Å². The number of ether oxygens (including phenoxy) is 1. The van der Waals surface area contributed by atoms with Crippen molar-refractivity contribution >= 4 is 6.47 Å². The zero-order chi connectivity index (χ0) is 12.2.